The minimum absolute atomic E-state index is 0.0115. The molecular formula is C17H21N3O5. The third-order valence-corrected chi connectivity index (χ3v) is 5.29. The Morgan fingerprint density at radius 2 is 1.84 bits per heavy atom. The Hall–Kier alpha value is -2.51. The second-order valence-corrected chi connectivity index (χ2v) is 8.36. The van der Waals surface area contributed by atoms with Crippen LogP contribution < -0.4 is 0 Å². The van der Waals surface area contributed by atoms with E-state index in [1.165, 1.54) is 6.07 Å². The summed E-state index contributed by atoms with van der Waals surface area (Å²) < 4.78 is 0. The molecule has 134 valence electrons. The zero-order chi connectivity index (χ0) is 18.6. The number of likely N-dealkylation sites (tertiary alicyclic amines) is 1. The van der Waals surface area contributed by atoms with Crippen LogP contribution in [0.1, 0.15) is 50.4 Å². The number of nitrogens with zero attached hydrogens (tertiary/aromatic N) is 3. The van der Waals surface area contributed by atoms with E-state index in [2.05, 4.69) is 20.8 Å². The second-order valence-electron chi connectivity index (χ2n) is 8.36. The van der Waals surface area contributed by atoms with Crippen LogP contribution in [0.3, 0.4) is 0 Å². The van der Waals surface area contributed by atoms with E-state index < -0.39 is 27.1 Å². The van der Waals surface area contributed by atoms with E-state index in [1.807, 2.05) is 0 Å². The second kappa shape index (κ2) is 5.50. The Morgan fingerprint density at radius 1 is 1.16 bits per heavy atom. The lowest BCUT2D eigenvalue weighted by atomic mass is 9.65. The molecule has 0 aromatic heterocycles. The van der Waals surface area contributed by atoms with Gasteiger partial charge in [-0.25, -0.2) is 0 Å². The highest BCUT2D eigenvalue weighted by Gasteiger charge is 2.51. The van der Waals surface area contributed by atoms with Crippen LogP contribution in [0, 0.1) is 31.1 Å². The Kier molecular flexibility index (Phi) is 3.81. The summed E-state index contributed by atoms with van der Waals surface area (Å²) in [5.41, 5.74) is -0.850. The van der Waals surface area contributed by atoms with Crippen molar-refractivity contribution in [3.63, 3.8) is 0 Å². The van der Waals surface area contributed by atoms with Crippen molar-refractivity contribution in [2.24, 2.45) is 10.8 Å². The number of nitro benzene ring substituents is 2. The molecule has 1 amide bonds. The van der Waals surface area contributed by atoms with Gasteiger partial charge >= 0.3 is 0 Å². The van der Waals surface area contributed by atoms with Crippen molar-refractivity contribution in [2.45, 2.75) is 46.1 Å². The van der Waals surface area contributed by atoms with Crippen molar-refractivity contribution < 1.29 is 14.6 Å². The average Bonchev–Trinajstić information content (AvgIpc) is 2.74. The molecule has 1 aromatic rings. The van der Waals surface area contributed by atoms with E-state index in [1.54, 1.807) is 4.90 Å². The topological polar surface area (TPSA) is 107 Å². The zero-order valence-electron chi connectivity index (χ0n) is 14.5. The molecule has 0 spiro atoms. The molecule has 1 saturated carbocycles. The minimum atomic E-state index is -0.728. The van der Waals surface area contributed by atoms with E-state index in [4.69, 9.17) is 0 Å². The number of hydrogen-bond acceptors (Lipinski definition) is 5. The van der Waals surface area contributed by atoms with E-state index in [-0.39, 0.29) is 22.4 Å². The number of rotatable bonds is 3. The monoisotopic (exact) mass is 347 g/mol. The predicted molar refractivity (Wildman–Crippen MR) is 90.3 cm³/mol. The molecule has 1 aliphatic carbocycles. The highest BCUT2D eigenvalue weighted by atomic mass is 16.6. The van der Waals surface area contributed by atoms with Crippen LogP contribution in [-0.2, 0) is 0 Å². The largest absolute Gasteiger partial charge is 0.335 e. The minimum Gasteiger partial charge on any atom is -0.335 e. The van der Waals surface area contributed by atoms with E-state index in [0.717, 1.165) is 31.4 Å². The molecule has 0 unspecified atom stereocenters. The molecule has 25 heavy (non-hydrogen) atoms. The molecule has 3 rings (SSSR count). The first-order valence-corrected chi connectivity index (χ1v) is 8.25. The maximum Gasteiger partial charge on any atom is 0.289 e. The lowest BCUT2D eigenvalue weighted by Gasteiger charge is -2.39. The Balaban J connectivity index is 1.97. The fraction of sp³-hybridized carbons (Fsp3) is 0.588. The normalized spacial score (nSPS) is 27.2. The molecule has 2 atom stereocenters. The van der Waals surface area contributed by atoms with Crippen molar-refractivity contribution in [2.75, 3.05) is 6.54 Å². The Morgan fingerprint density at radius 3 is 2.44 bits per heavy atom. The Bertz CT molecular complexity index is 776. The highest BCUT2D eigenvalue weighted by Crippen LogP contribution is 2.52. The van der Waals surface area contributed by atoms with Gasteiger partial charge in [0, 0.05) is 18.7 Å². The Labute approximate surface area is 145 Å². The van der Waals surface area contributed by atoms with Crippen LogP contribution in [-0.4, -0.2) is 33.2 Å². The van der Waals surface area contributed by atoms with Gasteiger partial charge < -0.3 is 4.90 Å². The number of benzene rings is 1. The van der Waals surface area contributed by atoms with Crippen molar-refractivity contribution in [3.05, 3.63) is 44.0 Å². The zero-order valence-corrected chi connectivity index (χ0v) is 14.5. The predicted octanol–water partition coefficient (Wildman–Crippen LogP) is 3.54. The number of amides is 1. The van der Waals surface area contributed by atoms with Crippen LogP contribution >= 0.6 is 0 Å². The van der Waals surface area contributed by atoms with Crippen LogP contribution in [0.4, 0.5) is 11.4 Å². The molecule has 8 heteroatoms. The van der Waals surface area contributed by atoms with Gasteiger partial charge in [-0.1, -0.05) is 20.8 Å². The van der Waals surface area contributed by atoms with E-state index >= 15 is 0 Å². The van der Waals surface area contributed by atoms with Gasteiger partial charge in [-0.3, -0.25) is 25.0 Å². The SMILES string of the molecule is CC1(C)C[C@@H]2C[C@@](C)(CN2C(=O)c2ccc([N+](=O)[O-])cc2[N+](=O)[O-])C1. The van der Waals surface area contributed by atoms with Gasteiger partial charge in [0.25, 0.3) is 17.3 Å². The lowest BCUT2D eigenvalue weighted by Crippen LogP contribution is -2.38. The van der Waals surface area contributed by atoms with Crippen LogP contribution in [0.25, 0.3) is 0 Å². The van der Waals surface area contributed by atoms with E-state index in [0.29, 0.717) is 6.54 Å². The fourth-order valence-corrected chi connectivity index (χ4v) is 4.82. The van der Waals surface area contributed by atoms with Gasteiger partial charge in [-0.2, -0.15) is 0 Å². The number of carbonyl (C=O) groups is 1. The van der Waals surface area contributed by atoms with Gasteiger partial charge in [-0.15, -0.1) is 0 Å². The number of carbonyl (C=O) groups excluding carboxylic acids is 1. The van der Waals surface area contributed by atoms with Crippen molar-refractivity contribution in [1.82, 2.24) is 4.90 Å². The van der Waals surface area contributed by atoms with Crippen LogP contribution in [0.5, 0.6) is 0 Å². The maximum absolute atomic E-state index is 13.0. The first-order valence-electron chi connectivity index (χ1n) is 8.25. The molecule has 1 aromatic carbocycles. The van der Waals surface area contributed by atoms with Crippen LogP contribution in [0.15, 0.2) is 18.2 Å². The van der Waals surface area contributed by atoms with Gasteiger partial charge in [0.05, 0.1) is 15.9 Å². The first kappa shape index (κ1) is 17.3. The fourth-order valence-electron chi connectivity index (χ4n) is 4.82. The van der Waals surface area contributed by atoms with Gasteiger partial charge in [0.15, 0.2) is 0 Å². The molecule has 2 bridgehead atoms. The lowest BCUT2D eigenvalue weighted by molar-refractivity contribution is -0.394. The summed E-state index contributed by atoms with van der Waals surface area (Å²) in [6.07, 6.45) is 2.75. The molecule has 2 aliphatic rings. The summed E-state index contributed by atoms with van der Waals surface area (Å²) in [7, 11) is 0. The average molecular weight is 347 g/mol. The molecule has 8 nitrogen and oxygen atoms in total. The maximum atomic E-state index is 13.0. The van der Waals surface area contributed by atoms with Gasteiger partial charge in [0.2, 0.25) is 0 Å². The van der Waals surface area contributed by atoms with Gasteiger partial charge in [-0.05, 0) is 36.2 Å². The smallest absolute Gasteiger partial charge is 0.289 e. The summed E-state index contributed by atoms with van der Waals surface area (Å²) in [5, 5.41) is 22.2. The summed E-state index contributed by atoms with van der Waals surface area (Å²) >= 11 is 0. The first-order chi connectivity index (χ1) is 11.5. The molecule has 1 saturated heterocycles. The molecular weight excluding hydrogens is 326 g/mol. The van der Waals surface area contributed by atoms with Crippen molar-refractivity contribution >= 4 is 17.3 Å². The molecule has 1 aliphatic heterocycles. The number of non-ortho nitro benzene ring substituents is 1. The summed E-state index contributed by atoms with van der Waals surface area (Å²) in [6.45, 7) is 7.08. The molecule has 0 radical (unpaired) electrons. The number of nitro groups is 2. The quantitative estimate of drug-likeness (QED) is 0.614. The van der Waals surface area contributed by atoms with Crippen LogP contribution in [0.2, 0.25) is 0 Å². The van der Waals surface area contributed by atoms with Crippen molar-refractivity contribution in [3.8, 4) is 0 Å². The summed E-state index contributed by atoms with van der Waals surface area (Å²) in [5.74, 6) is -0.409. The highest BCUT2D eigenvalue weighted by molar-refractivity contribution is 5.99. The summed E-state index contributed by atoms with van der Waals surface area (Å²) in [6, 6.07) is 3.26. The van der Waals surface area contributed by atoms with Gasteiger partial charge in [0.1, 0.15) is 5.56 Å². The molecule has 1 heterocycles. The van der Waals surface area contributed by atoms with Crippen molar-refractivity contribution in [1.29, 1.82) is 0 Å². The standard InChI is InChI=1S/C17H21N3O5/c1-16(2)7-12-8-17(3,9-16)10-18(12)15(21)13-5-4-11(19(22)23)6-14(13)20(24)25/h4-6,12H,7-10H2,1-3H3/t12-,17-/m1/s1. The third-order valence-electron chi connectivity index (χ3n) is 5.29. The third kappa shape index (κ3) is 3.08. The number of fused-ring (bicyclic) bond motifs is 2. The summed E-state index contributed by atoms with van der Waals surface area (Å²) in [4.78, 5) is 35.5. The molecule has 0 N–H and O–H groups in total. The van der Waals surface area contributed by atoms with E-state index in [9.17, 15) is 25.0 Å². The molecule has 2 fully saturated rings. The number of hydrogen-bond donors (Lipinski definition) is 0.